The number of halogens is 6. The van der Waals surface area contributed by atoms with Crippen LogP contribution in [0.1, 0.15) is 16.7 Å². The smallest absolute Gasteiger partial charge is 0.370 e. The molecule has 0 unspecified atom stereocenters. The van der Waals surface area contributed by atoms with Crippen LogP contribution in [0.25, 0.3) is 0 Å². The molecule has 0 radical (unpaired) electrons. The van der Waals surface area contributed by atoms with Crippen molar-refractivity contribution in [2.24, 2.45) is 0 Å². The second-order valence-electron chi connectivity index (χ2n) is 4.14. The maximum Gasteiger partial charge on any atom is 0.416 e. The monoisotopic (exact) mass is 419 g/mol. The second-order valence-corrected chi connectivity index (χ2v) is 5.44. The highest BCUT2D eigenvalue weighted by molar-refractivity contribution is 14.1. The van der Waals surface area contributed by atoms with Crippen LogP contribution in [0.3, 0.4) is 0 Å². The molecule has 21 heavy (non-hydrogen) atoms. The largest absolute Gasteiger partial charge is 0.416 e. The van der Waals surface area contributed by atoms with E-state index in [2.05, 4.69) is 6.58 Å². The molecule has 0 atom stereocenters. The molecule has 1 aromatic rings. The minimum absolute atomic E-state index is 0.0426. The van der Waals surface area contributed by atoms with Crippen LogP contribution in [-0.4, -0.2) is 10.3 Å². The Morgan fingerprint density at radius 2 is 1.76 bits per heavy atom. The van der Waals surface area contributed by atoms with E-state index in [1.165, 1.54) is 0 Å². The van der Waals surface area contributed by atoms with Gasteiger partial charge in [0, 0.05) is 5.56 Å². The Bertz CT molecular complexity index is 542. The van der Waals surface area contributed by atoms with E-state index < -0.39 is 23.2 Å². The molecule has 116 valence electrons. The minimum Gasteiger partial charge on any atom is -0.370 e. The number of nitrogens with one attached hydrogen (secondary N) is 1. The van der Waals surface area contributed by atoms with Crippen LogP contribution < -0.4 is 0 Å². The highest BCUT2D eigenvalue weighted by Gasteiger charge is 2.35. The lowest BCUT2D eigenvalue weighted by molar-refractivity contribution is -0.137. The molecule has 8 heteroatoms. The molecular formula is C13H11F5INO. The predicted molar refractivity (Wildman–Crippen MR) is 76.9 cm³/mol. The third kappa shape index (κ3) is 5.34. The molecule has 0 aromatic heterocycles. The van der Waals surface area contributed by atoms with Gasteiger partial charge in [0.2, 0.25) is 0 Å². The molecule has 0 amide bonds. The molecule has 0 spiro atoms. The Hall–Kier alpha value is -1.03. The summed E-state index contributed by atoms with van der Waals surface area (Å²) in [5, 5.41) is 7.12. The summed E-state index contributed by atoms with van der Waals surface area (Å²) in [6.45, 7) is 2.53. The summed E-state index contributed by atoms with van der Waals surface area (Å²) in [5.41, 5.74) is -2.01. The standard InChI is InChI=1S/C13H11F5INO/c1-2-12(14,15)9-3-8(6-21-7-11(19)20)4-10(5-9)13(16,17)18/h2-5,20H,1,6-7H2. The molecule has 2 nitrogen and oxygen atoms in total. The van der Waals surface area contributed by atoms with E-state index in [0.717, 1.165) is 12.1 Å². The summed E-state index contributed by atoms with van der Waals surface area (Å²) in [5.74, 6) is -3.56. The highest BCUT2D eigenvalue weighted by atomic mass is 127. The molecule has 0 saturated heterocycles. The van der Waals surface area contributed by atoms with Gasteiger partial charge in [-0.3, -0.25) is 5.41 Å². The number of ether oxygens (including phenoxy) is 1. The molecule has 0 aliphatic heterocycles. The topological polar surface area (TPSA) is 33.1 Å². The SMILES string of the molecule is C=CC(F)(F)c1cc(COCC(=N)I)cc(C(F)(F)F)c1. The molecule has 1 N–H and O–H groups in total. The van der Waals surface area contributed by atoms with Crippen LogP contribution >= 0.6 is 22.6 Å². The lowest BCUT2D eigenvalue weighted by Crippen LogP contribution is -2.14. The number of hydrogen-bond acceptors (Lipinski definition) is 2. The lowest BCUT2D eigenvalue weighted by Gasteiger charge is -2.16. The quantitative estimate of drug-likeness (QED) is 0.302. The number of alkyl halides is 5. The molecule has 0 bridgehead atoms. The van der Waals surface area contributed by atoms with Crippen LogP contribution in [0.15, 0.2) is 30.9 Å². The van der Waals surface area contributed by atoms with Gasteiger partial charge >= 0.3 is 6.18 Å². The predicted octanol–water partition coefficient (Wildman–Crippen LogP) is 4.91. The third-order valence-electron chi connectivity index (χ3n) is 2.46. The zero-order valence-corrected chi connectivity index (χ0v) is 12.8. The average molecular weight is 419 g/mol. The van der Waals surface area contributed by atoms with E-state index in [0.29, 0.717) is 6.07 Å². The fourth-order valence-electron chi connectivity index (χ4n) is 1.51. The molecule has 0 aliphatic carbocycles. The van der Waals surface area contributed by atoms with Gasteiger partial charge in [0.05, 0.1) is 22.5 Å². The number of hydrogen-bond donors (Lipinski definition) is 1. The first kappa shape index (κ1) is 18.0. The van der Waals surface area contributed by atoms with Gasteiger partial charge in [-0.25, -0.2) is 0 Å². The second kappa shape index (κ2) is 6.82. The first-order valence-electron chi connectivity index (χ1n) is 5.60. The number of rotatable bonds is 6. The van der Waals surface area contributed by atoms with Gasteiger partial charge < -0.3 is 4.74 Å². The Labute approximate surface area is 131 Å². The van der Waals surface area contributed by atoms with Crippen LogP contribution in [0.2, 0.25) is 0 Å². The van der Waals surface area contributed by atoms with Gasteiger partial charge in [-0.1, -0.05) is 6.58 Å². The lowest BCUT2D eigenvalue weighted by atomic mass is 10.0. The highest BCUT2D eigenvalue weighted by Crippen LogP contribution is 2.36. The van der Waals surface area contributed by atoms with Crippen LogP contribution in [0.5, 0.6) is 0 Å². The van der Waals surface area contributed by atoms with Crippen molar-refractivity contribution in [2.75, 3.05) is 6.61 Å². The Morgan fingerprint density at radius 1 is 1.19 bits per heavy atom. The van der Waals surface area contributed by atoms with Crippen molar-refractivity contribution in [3.8, 4) is 0 Å². The first-order chi connectivity index (χ1) is 9.56. The molecule has 0 heterocycles. The van der Waals surface area contributed by atoms with Crippen molar-refractivity contribution in [3.05, 3.63) is 47.5 Å². The maximum absolute atomic E-state index is 13.5. The van der Waals surface area contributed by atoms with E-state index in [4.69, 9.17) is 10.1 Å². The van der Waals surface area contributed by atoms with Gasteiger partial charge in [0.1, 0.15) is 0 Å². The van der Waals surface area contributed by atoms with Crippen molar-refractivity contribution in [1.29, 1.82) is 5.41 Å². The van der Waals surface area contributed by atoms with Gasteiger partial charge in [0.25, 0.3) is 5.92 Å². The summed E-state index contributed by atoms with van der Waals surface area (Å²) in [4.78, 5) is 0. The van der Waals surface area contributed by atoms with E-state index in [9.17, 15) is 22.0 Å². The van der Waals surface area contributed by atoms with Crippen molar-refractivity contribution >= 4 is 26.3 Å². The Balaban J connectivity index is 3.16. The first-order valence-corrected chi connectivity index (χ1v) is 6.68. The number of benzene rings is 1. The average Bonchev–Trinajstić information content (AvgIpc) is 2.37. The number of allylic oxidation sites excluding steroid dienone is 1. The van der Waals surface area contributed by atoms with E-state index >= 15 is 0 Å². The molecule has 0 fully saturated rings. The fourth-order valence-corrected chi connectivity index (χ4v) is 1.73. The zero-order valence-electron chi connectivity index (χ0n) is 10.6. The van der Waals surface area contributed by atoms with Gasteiger partial charge in [0.15, 0.2) is 0 Å². The fraction of sp³-hybridized carbons (Fsp3) is 0.308. The normalized spacial score (nSPS) is 12.3. The van der Waals surface area contributed by atoms with Crippen LogP contribution in [0.4, 0.5) is 22.0 Å². The third-order valence-corrected chi connectivity index (χ3v) is 2.77. The summed E-state index contributed by atoms with van der Waals surface area (Å²) in [7, 11) is 0. The van der Waals surface area contributed by atoms with Crippen LogP contribution in [-0.2, 0) is 23.4 Å². The molecule has 0 aliphatic rings. The van der Waals surface area contributed by atoms with E-state index in [1.807, 2.05) is 0 Å². The minimum atomic E-state index is -4.74. The van der Waals surface area contributed by atoms with Gasteiger partial charge in [-0.15, -0.1) is 0 Å². The molecule has 1 rings (SSSR count). The summed E-state index contributed by atoms with van der Waals surface area (Å²) < 4.78 is 70.4. The summed E-state index contributed by atoms with van der Waals surface area (Å²) >= 11 is 1.68. The Morgan fingerprint density at radius 3 is 2.24 bits per heavy atom. The van der Waals surface area contributed by atoms with Crippen molar-refractivity contribution in [2.45, 2.75) is 18.7 Å². The Kier molecular flexibility index (Phi) is 5.85. The molecule has 1 aromatic carbocycles. The van der Waals surface area contributed by atoms with Crippen LogP contribution in [0, 0.1) is 5.41 Å². The van der Waals surface area contributed by atoms with Crippen molar-refractivity contribution < 1.29 is 26.7 Å². The van der Waals surface area contributed by atoms with E-state index in [-0.39, 0.29) is 28.6 Å². The molecule has 0 saturated carbocycles. The summed E-state index contributed by atoms with van der Waals surface area (Å²) in [6.07, 6.45) is -4.45. The summed E-state index contributed by atoms with van der Waals surface area (Å²) in [6, 6.07) is 2.08. The van der Waals surface area contributed by atoms with Gasteiger partial charge in [-0.2, -0.15) is 22.0 Å². The van der Waals surface area contributed by atoms with Crippen molar-refractivity contribution in [1.82, 2.24) is 0 Å². The van der Waals surface area contributed by atoms with Gasteiger partial charge in [-0.05, 0) is 52.4 Å². The van der Waals surface area contributed by atoms with E-state index in [1.54, 1.807) is 22.6 Å². The zero-order chi connectivity index (χ0) is 16.3. The van der Waals surface area contributed by atoms with Crippen molar-refractivity contribution in [3.63, 3.8) is 0 Å². The molecular weight excluding hydrogens is 408 g/mol. The maximum atomic E-state index is 13.5.